The Kier molecular flexibility index (Phi) is 10.3. The minimum absolute atomic E-state index is 0.113. The molecule has 0 aromatic heterocycles. The highest BCUT2D eigenvalue weighted by Gasteiger charge is 2.33. The van der Waals surface area contributed by atoms with Crippen molar-refractivity contribution in [3.05, 3.63) is 88.4 Å². The maximum atomic E-state index is 14.2. The SMILES string of the molecule is CCNC(=O)[C@H](Cc1ccccc1)N(Cc1ccc(Br)cc1)C(=O)CN(c1ccc2c(c1)OCCO2)S(=O)(=O)CC. The first-order valence-corrected chi connectivity index (χ1v) is 15.9. The summed E-state index contributed by atoms with van der Waals surface area (Å²) in [6.07, 6.45) is 0.263. The summed E-state index contributed by atoms with van der Waals surface area (Å²) in [5.41, 5.74) is 1.96. The highest BCUT2D eigenvalue weighted by atomic mass is 79.9. The molecule has 0 fully saturated rings. The van der Waals surface area contributed by atoms with E-state index in [1.54, 1.807) is 18.2 Å². The van der Waals surface area contributed by atoms with Gasteiger partial charge in [0, 0.05) is 30.0 Å². The van der Waals surface area contributed by atoms with Crippen LogP contribution in [0.25, 0.3) is 0 Å². The summed E-state index contributed by atoms with van der Waals surface area (Å²) in [6.45, 7) is 4.09. The van der Waals surface area contributed by atoms with Gasteiger partial charge in [-0.3, -0.25) is 13.9 Å². The first-order chi connectivity index (χ1) is 19.7. The van der Waals surface area contributed by atoms with Crippen molar-refractivity contribution in [2.45, 2.75) is 32.9 Å². The maximum Gasteiger partial charge on any atom is 0.244 e. The van der Waals surface area contributed by atoms with E-state index < -0.39 is 28.5 Å². The molecule has 0 unspecified atom stereocenters. The number of ether oxygens (including phenoxy) is 2. The molecular weight excluding hydrogens is 610 g/mol. The fourth-order valence-electron chi connectivity index (χ4n) is 4.54. The number of halogens is 1. The highest BCUT2D eigenvalue weighted by molar-refractivity contribution is 9.10. The number of fused-ring (bicyclic) bond motifs is 1. The third kappa shape index (κ3) is 7.80. The van der Waals surface area contributed by atoms with Crippen LogP contribution >= 0.6 is 15.9 Å². The van der Waals surface area contributed by atoms with E-state index in [1.807, 2.05) is 61.5 Å². The van der Waals surface area contributed by atoms with Crippen LogP contribution < -0.4 is 19.1 Å². The molecule has 0 saturated carbocycles. The number of likely N-dealkylation sites (N-methyl/N-ethyl adjacent to an activating group) is 1. The molecule has 1 atom stereocenters. The molecule has 9 nitrogen and oxygen atoms in total. The van der Waals surface area contributed by atoms with Gasteiger partial charge in [-0.25, -0.2) is 8.42 Å². The van der Waals surface area contributed by atoms with E-state index in [9.17, 15) is 18.0 Å². The van der Waals surface area contributed by atoms with Gasteiger partial charge in [0.2, 0.25) is 21.8 Å². The van der Waals surface area contributed by atoms with Crippen LogP contribution in [0.15, 0.2) is 77.3 Å². The molecule has 11 heteroatoms. The molecule has 0 saturated heterocycles. The summed E-state index contributed by atoms with van der Waals surface area (Å²) in [7, 11) is -3.88. The summed E-state index contributed by atoms with van der Waals surface area (Å²) >= 11 is 3.43. The molecular formula is C30H34BrN3O6S. The zero-order chi connectivity index (χ0) is 29.4. The van der Waals surface area contributed by atoms with Gasteiger partial charge in [0.1, 0.15) is 25.8 Å². The van der Waals surface area contributed by atoms with Crippen LogP contribution in [0.2, 0.25) is 0 Å². The Morgan fingerprint density at radius 2 is 1.61 bits per heavy atom. The fourth-order valence-corrected chi connectivity index (χ4v) is 5.86. The normalized spacial score (nSPS) is 13.2. The molecule has 2 amide bonds. The number of nitrogens with one attached hydrogen (secondary N) is 1. The van der Waals surface area contributed by atoms with E-state index >= 15 is 0 Å². The number of nitrogens with zero attached hydrogens (tertiary/aromatic N) is 2. The predicted octanol–water partition coefficient (Wildman–Crippen LogP) is 4.15. The molecule has 1 aliphatic rings. The van der Waals surface area contributed by atoms with E-state index in [2.05, 4.69) is 21.2 Å². The number of anilines is 1. The standard InChI is InChI=1S/C30H34BrN3O6S/c1-3-32-30(36)26(18-22-8-6-5-7-9-22)33(20-23-10-12-24(31)13-11-23)29(35)21-34(41(37,38)4-2)25-14-15-27-28(19-25)40-17-16-39-27/h5-15,19,26H,3-4,16-18,20-21H2,1-2H3,(H,32,36)/t26-/m0/s1. The van der Waals surface area contributed by atoms with Crippen LogP contribution in [0.4, 0.5) is 5.69 Å². The summed E-state index contributed by atoms with van der Waals surface area (Å²) in [6, 6.07) is 20.8. The molecule has 218 valence electrons. The van der Waals surface area contributed by atoms with Gasteiger partial charge in [-0.2, -0.15) is 0 Å². The Labute approximate surface area is 249 Å². The summed E-state index contributed by atoms with van der Waals surface area (Å²) in [5.74, 6) is -0.117. The molecule has 0 spiro atoms. The number of hydrogen-bond donors (Lipinski definition) is 1. The van der Waals surface area contributed by atoms with Crippen molar-refractivity contribution in [3.63, 3.8) is 0 Å². The van der Waals surface area contributed by atoms with Gasteiger partial charge in [0.15, 0.2) is 11.5 Å². The van der Waals surface area contributed by atoms with Crippen molar-refractivity contribution >= 4 is 43.5 Å². The molecule has 0 aliphatic carbocycles. The molecule has 3 aromatic carbocycles. The molecule has 0 bridgehead atoms. The minimum atomic E-state index is -3.88. The number of benzene rings is 3. The minimum Gasteiger partial charge on any atom is -0.486 e. The van der Waals surface area contributed by atoms with E-state index in [0.717, 1.165) is 19.9 Å². The third-order valence-corrected chi connectivity index (χ3v) is 8.95. The van der Waals surface area contributed by atoms with E-state index in [4.69, 9.17) is 9.47 Å². The summed E-state index contributed by atoms with van der Waals surface area (Å²) in [5, 5.41) is 2.85. The Bertz CT molecular complexity index is 1450. The van der Waals surface area contributed by atoms with Gasteiger partial charge in [-0.1, -0.05) is 58.4 Å². The fraction of sp³-hybridized carbons (Fsp3) is 0.333. The average molecular weight is 645 g/mol. The molecule has 4 rings (SSSR count). The Morgan fingerprint density at radius 1 is 0.927 bits per heavy atom. The summed E-state index contributed by atoms with van der Waals surface area (Å²) in [4.78, 5) is 29.1. The van der Waals surface area contributed by atoms with Crippen molar-refractivity contribution in [2.75, 3.05) is 36.4 Å². The Morgan fingerprint density at radius 3 is 2.27 bits per heavy atom. The molecule has 1 N–H and O–H groups in total. The van der Waals surface area contributed by atoms with Crippen LogP contribution in [-0.4, -0.2) is 63.2 Å². The van der Waals surface area contributed by atoms with Crippen LogP contribution in [0.3, 0.4) is 0 Å². The van der Waals surface area contributed by atoms with E-state index in [1.165, 1.54) is 11.8 Å². The molecule has 1 heterocycles. The van der Waals surface area contributed by atoms with Crippen molar-refractivity contribution in [2.24, 2.45) is 0 Å². The largest absolute Gasteiger partial charge is 0.486 e. The summed E-state index contributed by atoms with van der Waals surface area (Å²) < 4.78 is 39.8. The Balaban J connectivity index is 1.73. The first kappa shape index (κ1) is 30.4. The van der Waals surface area contributed by atoms with Crippen molar-refractivity contribution < 1.29 is 27.5 Å². The Hall–Kier alpha value is -3.57. The van der Waals surface area contributed by atoms with Gasteiger partial charge >= 0.3 is 0 Å². The second kappa shape index (κ2) is 13.9. The number of amides is 2. The van der Waals surface area contributed by atoms with Crippen LogP contribution in [-0.2, 0) is 32.6 Å². The molecule has 1 aliphatic heterocycles. The van der Waals surface area contributed by atoms with Crippen LogP contribution in [0.1, 0.15) is 25.0 Å². The lowest BCUT2D eigenvalue weighted by atomic mass is 10.0. The number of carbonyl (C=O) groups excluding carboxylic acids is 2. The zero-order valence-corrected chi connectivity index (χ0v) is 25.5. The van der Waals surface area contributed by atoms with Gasteiger partial charge in [0.25, 0.3) is 0 Å². The third-order valence-electron chi connectivity index (χ3n) is 6.68. The monoisotopic (exact) mass is 643 g/mol. The van der Waals surface area contributed by atoms with Crippen molar-refractivity contribution in [3.8, 4) is 11.5 Å². The topological polar surface area (TPSA) is 105 Å². The molecule has 41 heavy (non-hydrogen) atoms. The molecule has 0 radical (unpaired) electrons. The number of sulfonamides is 1. The average Bonchev–Trinajstić information content (AvgIpc) is 2.98. The predicted molar refractivity (Wildman–Crippen MR) is 162 cm³/mol. The smallest absolute Gasteiger partial charge is 0.244 e. The molecule has 3 aromatic rings. The van der Waals surface area contributed by atoms with E-state index in [-0.39, 0.29) is 30.3 Å². The van der Waals surface area contributed by atoms with Crippen molar-refractivity contribution in [1.82, 2.24) is 10.2 Å². The van der Waals surface area contributed by atoms with Gasteiger partial charge < -0.3 is 19.7 Å². The van der Waals surface area contributed by atoms with E-state index in [0.29, 0.717) is 31.3 Å². The quantitative estimate of drug-likeness (QED) is 0.318. The zero-order valence-electron chi connectivity index (χ0n) is 23.1. The lowest BCUT2D eigenvalue weighted by Crippen LogP contribution is -2.53. The second-order valence-electron chi connectivity index (χ2n) is 9.48. The van der Waals surface area contributed by atoms with Crippen LogP contribution in [0, 0.1) is 0 Å². The number of carbonyl (C=O) groups is 2. The maximum absolute atomic E-state index is 14.2. The lowest BCUT2D eigenvalue weighted by molar-refractivity contribution is -0.140. The van der Waals surface area contributed by atoms with Crippen molar-refractivity contribution in [1.29, 1.82) is 0 Å². The highest BCUT2D eigenvalue weighted by Crippen LogP contribution is 2.35. The first-order valence-electron chi connectivity index (χ1n) is 13.5. The van der Waals surface area contributed by atoms with Gasteiger partial charge in [-0.05, 0) is 49.2 Å². The second-order valence-corrected chi connectivity index (χ2v) is 12.6. The number of hydrogen-bond acceptors (Lipinski definition) is 6. The van der Waals surface area contributed by atoms with Crippen LogP contribution in [0.5, 0.6) is 11.5 Å². The van der Waals surface area contributed by atoms with Gasteiger partial charge in [-0.15, -0.1) is 0 Å². The lowest BCUT2D eigenvalue weighted by Gasteiger charge is -2.34. The van der Waals surface area contributed by atoms with Gasteiger partial charge in [0.05, 0.1) is 11.4 Å². The number of rotatable bonds is 12.